The number of rotatable bonds is 5. The number of aromatic amines is 1. The van der Waals surface area contributed by atoms with Crippen molar-refractivity contribution in [1.82, 2.24) is 4.98 Å². The highest BCUT2D eigenvalue weighted by Crippen LogP contribution is 2.30. The lowest BCUT2D eigenvalue weighted by molar-refractivity contribution is 0.112. The van der Waals surface area contributed by atoms with E-state index in [2.05, 4.69) is 16.8 Å². The third kappa shape index (κ3) is 2.70. The minimum atomic E-state index is 0.456. The average molecular weight is 271 g/mol. The van der Waals surface area contributed by atoms with E-state index in [0.29, 0.717) is 10.7 Å². The van der Waals surface area contributed by atoms with Crippen LogP contribution in [0.4, 0.5) is 5.82 Å². The van der Waals surface area contributed by atoms with Gasteiger partial charge in [-0.05, 0) is 12.8 Å². The summed E-state index contributed by atoms with van der Waals surface area (Å²) in [4.78, 5) is 16.5. The zero-order valence-corrected chi connectivity index (χ0v) is 11.4. The fraction of sp³-hybridized carbons (Fsp3) is 0.615. The number of morpholine rings is 1. The quantitative estimate of drug-likeness (QED) is 0.837. The average Bonchev–Trinajstić information content (AvgIpc) is 2.73. The van der Waals surface area contributed by atoms with Crippen LogP contribution in [0.25, 0.3) is 0 Å². The van der Waals surface area contributed by atoms with E-state index < -0.39 is 0 Å². The van der Waals surface area contributed by atoms with Gasteiger partial charge in [0.05, 0.1) is 18.8 Å². The van der Waals surface area contributed by atoms with E-state index in [1.165, 1.54) is 0 Å². The second-order valence-corrected chi connectivity index (χ2v) is 4.88. The van der Waals surface area contributed by atoms with Gasteiger partial charge in [0.2, 0.25) is 0 Å². The number of aromatic nitrogens is 1. The zero-order valence-electron chi connectivity index (χ0n) is 10.7. The molecule has 5 heteroatoms. The molecule has 0 bridgehead atoms. The maximum absolute atomic E-state index is 11.2. The summed E-state index contributed by atoms with van der Waals surface area (Å²) >= 11 is 6.10. The molecule has 0 aromatic carbocycles. The minimum Gasteiger partial charge on any atom is -0.378 e. The highest BCUT2D eigenvalue weighted by Gasteiger charge is 2.21. The number of hydrogen-bond acceptors (Lipinski definition) is 3. The lowest BCUT2D eigenvalue weighted by Gasteiger charge is -2.28. The summed E-state index contributed by atoms with van der Waals surface area (Å²) in [6, 6.07) is 0. The molecule has 4 nitrogen and oxygen atoms in total. The Morgan fingerprint density at radius 2 is 2.17 bits per heavy atom. The van der Waals surface area contributed by atoms with E-state index in [-0.39, 0.29) is 0 Å². The van der Waals surface area contributed by atoms with E-state index in [9.17, 15) is 4.79 Å². The molecule has 1 fully saturated rings. The van der Waals surface area contributed by atoms with Gasteiger partial charge in [0.15, 0.2) is 6.29 Å². The van der Waals surface area contributed by atoms with Crippen molar-refractivity contribution >= 4 is 23.7 Å². The number of aldehydes is 1. The topological polar surface area (TPSA) is 45.3 Å². The number of hydrogen-bond donors (Lipinski definition) is 1. The number of carbonyl (C=O) groups excluding carboxylic acids is 1. The first kappa shape index (κ1) is 13.4. The van der Waals surface area contributed by atoms with Gasteiger partial charge in [-0.2, -0.15) is 0 Å². The van der Waals surface area contributed by atoms with Crippen molar-refractivity contribution in [2.45, 2.75) is 26.2 Å². The zero-order chi connectivity index (χ0) is 13.0. The smallest absolute Gasteiger partial charge is 0.153 e. The molecule has 2 heterocycles. The summed E-state index contributed by atoms with van der Waals surface area (Å²) < 4.78 is 5.35. The van der Waals surface area contributed by atoms with Crippen LogP contribution >= 0.6 is 11.6 Å². The Kier molecular flexibility index (Phi) is 4.66. The van der Waals surface area contributed by atoms with Crippen molar-refractivity contribution in [3.8, 4) is 0 Å². The molecule has 100 valence electrons. The second-order valence-electron chi connectivity index (χ2n) is 4.50. The number of ether oxygens (including phenoxy) is 1. The molecule has 0 amide bonds. The van der Waals surface area contributed by atoms with E-state index in [1.807, 2.05) is 0 Å². The molecule has 1 aliphatic rings. The third-order valence-corrected chi connectivity index (χ3v) is 3.60. The summed E-state index contributed by atoms with van der Waals surface area (Å²) in [7, 11) is 0. The van der Waals surface area contributed by atoms with Crippen molar-refractivity contribution < 1.29 is 9.53 Å². The van der Waals surface area contributed by atoms with Gasteiger partial charge in [0.1, 0.15) is 11.0 Å². The molecule has 0 spiro atoms. The summed E-state index contributed by atoms with van der Waals surface area (Å²) in [5.74, 6) is 0.999. The van der Waals surface area contributed by atoms with Crippen molar-refractivity contribution in [1.29, 1.82) is 0 Å². The van der Waals surface area contributed by atoms with Gasteiger partial charge in [-0.3, -0.25) is 4.79 Å². The Labute approximate surface area is 112 Å². The van der Waals surface area contributed by atoms with E-state index in [1.54, 1.807) is 0 Å². The lowest BCUT2D eigenvalue weighted by atomic mass is 10.1. The standard InChI is InChI=1S/C13H19ClN2O2/c1-2-3-4-10-11(9-17)12(14)15-13(10)16-5-7-18-8-6-16/h9,15H,2-8H2,1H3. The number of nitrogens with zero attached hydrogens (tertiary/aromatic N) is 1. The van der Waals surface area contributed by atoms with Crippen LogP contribution in [-0.2, 0) is 11.2 Å². The Bertz CT molecular complexity index is 411. The maximum Gasteiger partial charge on any atom is 0.153 e. The first-order valence-electron chi connectivity index (χ1n) is 6.46. The minimum absolute atomic E-state index is 0.456. The molecular formula is C13H19ClN2O2. The summed E-state index contributed by atoms with van der Waals surface area (Å²) in [5, 5.41) is 0.456. The van der Waals surface area contributed by atoms with Crippen molar-refractivity contribution in [2.75, 3.05) is 31.2 Å². The summed E-state index contributed by atoms with van der Waals surface area (Å²) in [5.41, 5.74) is 1.67. The van der Waals surface area contributed by atoms with Gasteiger partial charge in [-0.1, -0.05) is 24.9 Å². The molecule has 1 aromatic rings. The number of anilines is 1. The van der Waals surface area contributed by atoms with Gasteiger partial charge >= 0.3 is 0 Å². The van der Waals surface area contributed by atoms with Crippen LogP contribution in [0.2, 0.25) is 5.15 Å². The molecule has 2 rings (SSSR count). The molecule has 1 aromatic heterocycles. The fourth-order valence-electron chi connectivity index (χ4n) is 2.29. The molecule has 0 saturated carbocycles. The van der Waals surface area contributed by atoms with E-state index in [0.717, 1.165) is 63.2 Å². The normalized spacial score (nSPS) is 16.0. The third-order valence-electron chi connectivity index (χ3n) is 3.30. The van der Waals surface area contributed by atoms with Crippen LogP contribution in [-0.4, -0.2) is 37.6 Å². The predicted molar refractivity (Wildman–Crippen MR) is 72.8 cm³/mol. The molecule has 1 saturated heterocycles. The second kappa shape index (κ2) is 6.25. The largest absolute Gasteiger partial charge is 0.378 e. The number of nitrogens with one attached hydrogen (secondary N) is 1. The first-order valence-corrected chi connectivity index (χ1v) is 6.84. The van der Waals surface area contributed by atoms with Crippen LogP contribution in [0.3, 0.4) is 0 Å². The van der Waals surface area contributed by atoms with Gasteiger partial charge < -0.3 is 14.6 Å². The fourth-order valence-corrected chi connectivity index (χ4v) is 2.54. The Hall–Kier alpha value is -1.00. The van der Waals surface area contributed by atoms with Crippen LogP contribution in [0.5, 0.6) is 0 Å². The SMILES string of the molecule is CCCCc1c(N2CCOCC2)[nH]c(Cl)c1C=O. The summed E-state index contributed by atoms with van der Waals surface area (Å²) in [6.07, 6.45) is 3.91. The Morgan fingerprint density at radius 1 is 1.44 bits per heavy atom. The highest BCUT2D eigenvalue weighted by atomic mass is 35.5. The summed E-state index contributed by atoms with van der Waals surface area (Å²) in [6.45, 7) is 5.27. The van der Waals surface area contributed by atoms with Gasteiger partial charge in [-0.15, -0.1) is 0 Å². The van der Waals surface area contributed by atoms with Crippen LogP contribution in [0.15, 0.2) is 0 Å². The number of unbranched alkanes of at least 4 members (excludes halogenated alkanes) is 1. The van der Waals surface area contributed by atoms with Crippen LogP contribution in [0, 0.1) is 0 Å². The Morgan fingerprint density at radius 3 is 2.78 bits per heavy atom. The van der Waals surface area contributed by atoms with Crippen LogP contribution < -0.4 is 4.90 Å². The molecule has 0 aliphatic carbocycles. The van der Waals surface area contributed by atoms with Crippen molar-refractivity contribution in [3.05, 3.63) is 16.3 Å². The Balaban J connectivity index is 2.29. The molecule has 1 N–H and O–H groups in total. The maximum atomic E-state index is 11.2. The van der Waals surface area contributed by atoms with E-state index in [4.69, 9.17) is 16.3 Å². The first-order chi connectivity index (χ1) is 8.77. The molecule has 0 radical (unpaired) electrons. The van der Waals surface area contributed by atoms with Gasteiger partial charge in [-0.25, -0.2) is 0 Å². The van der Waals surface area contributed by atoms with Gasteiger partial charge in [0, 0.05) is 18.7 Å². The molecular weight excluding hydrogens is 252 g/mol. The number of H-pyrrole nitrogens is 1. The molecule has 1 aliphatic heterocycles. The van der Waals surface area contributed by atoms with E-state index >= 15 is 0 Å². The molecule has 0 unspecified atom stereocenters. The van der Waals surface area contributed by atoms with Crippen LogP contribution in [0.1, 0.15) is 35.7 Å². The highest BCUT2D eigenvalue weighted by molar-refractivity contribution is 6.32. The monoisotopic (exact) mass is 270 g/mol. The number of halogens is 1. The van der Waals surface area contributed by atoms with Crippen molar-refractivity contribution in [2.24, 2.45) is 0 Å². The molecule has 18 heavy (non-hydrogen) atoms. The molecule has 0 atom stereocenters. The lowest BCUT2D eigenvalue weighted by Crippen LogP contribution is -2.37. The number of carbonyl (C=O) groups is 1. The van der Waals surface area contributed by atoms with Gasteiger partial charge in [0.25, 0.3) is 0 Å². The predicted octanol–water partition coefficient (Wildman–Crippen LogP) is 2.66. The van der Waals surface area contributed by atoms with Crippen molar-refractivity contribution in [3.63, 3.8) is 0 Å².